The normalized spacial score (nSPS) is 22.2. The van der Waals surface area contributed by atoms with E-state index in [2.05, 4.69) is 67.0 Å². The number of nitrogens with zero attached hydrogens (tertiary/aromatic N) is 4. The van der Waals surface area contributed by atoms with Gasteiger partial charge in [0.25, 0.3) is 0 Å². The molecule has 0 radical (unpaired) electrons. The van der Waals surface area contributed by atoms with Gasteiger partial charge in [-0.1, -0.05) is 38.3 Å². The van der Waals surface area contributed by atoms with Crippen LogP contribution < -0.4 is 9.64 Å². The summed E-state index contributed by atoms with van der Waals surface area (Å²) in [5.74, 6) is 1.96. The summed E-state index contributed by atoms with van der Waals surface area (Å²) in [6.45, 7) is 18.5. The molecular formula is C42H54N4O4S. The van der Waals surface area contributed by atoms with Gasteiger partial charge in [0.2, 0.25) is 0 Å². The van der Waals surface area contributed by atoms with E-state index in [1.54, 1.807) is 11.3 Å². The average molecular weight is 711 g/mol. The maximum Gasteiger partial charge on any atom is 0.337 e. The topological polar surface area (TPSA) is 88.0 Å². The quantitative estimate of drug-likeness (QED) is 0.224. The van der Waals surface area contributed by atoms with Crippen molar-refractivity contribution in [1.29, 1.82) is 0 Å². The molecule has 0 saturated carbocycles. The fourth-order valence-corrected chi connectivity index (χ4v) is 9.57. The van der Waals surface area contributed by atoms with Crippen LogP contribution >= 0.6 is 11.3 Å². The van der Waals surface area contributed by atoms with Crippen LogP contribution in [0, 0.1) is 12.8 Å². The van der Waals surface area contributed by atoms with Gasteiger partial charge in [0.15, 0.2) is 6.10 Å². The Balaban J connectivity index is 1.42. The average Bonchev–Trinajstić information content (AvgIpc) is 3.51. The fourth-order valence-electron chi connectivity index (χ4n) is 8.47. The number of ether oxygens (including phenoxy) is 2. The van der Waals surface area contributed by atoms with Crippen LogP contribution in [0.1, 0.15) is 109 Å². The van der Waals surface area contributed by atoms with Gasteiger partial charge in [-0.15, -0.1) is 11.3 Å². The largest absolute Gasteiger partial charge is 0.493 e. The second-order valence-corrected chi connectivity index (χ2v) is 17.3. The first-order valence-corrected chi connectivity index (χ1v) is 19.8. The van der Waals surface area contributed by atoms with Crippen LogP contribution in [0.5, 0.6) is 5.75 Å². The standard InChI is InChI=1S/C42H54N4O4S/c1-25(2)45-18-19-46-30(24-45)21-26(3)11-8-9-12-28-17-20-49-34-16-15-29(23-31(28)34)37-36(38(41(47)48)50-42(5,6)7)27(4)22-33-39(37)51-40(44-33)32-13-10-14-35(46)43-32/h10,13-16,22-23,25-26,28,30,38H,8-9,11-12,17-21,24H2,1-7H3,(H,47,48). The Morgan fingerprint density at radius 3 is 2.63 bits per heavy atom. The Morgan fingerprint density at radius 2 is 1.86 bits per heavy atom. The lowest BCUT2D eigenvalue weighted by Crippen LogP contribution is -2.55. The minimum Gasteiger partial charge on any atom is -0.493 e. The Kier molecular flexibility index (Phi) is 10.2. The number of hydrogen-bond acceptors (Lipinski definition) is 8. The fraction of sp³-hybridized carbons (Fsp3) is 0.548. The van der Waals surface area contributed by atoms with Crippen molar-refractivity contribution in [1.82, 2.24) is 14.9 Å². The number of aromatic nitrogens is 2. The second-order valence-electron chi connectivity index (χ2n) is 16.3. The molecule has 1 N–H and O–H groups in total. The van der Waals surface area contributed by atoms with E-state index in [1.807, 2.05) is 33.8 Å². The van der Waals surface area contributed by atoms with Crippen molar-refractivity contribution < 1.29 is 19.4 Å². The van der Waals surface area contributed by atoms with E-state index in [0.29, 0.717) is 29.5 Å². The van der Waals surface area contributed by atoms with Gasteiger partial charge >= 0.3 is 5.97 Å². The van der Waals surface area contributed by atoms with Gasteiger partial charge in [0.1, 0.15) is 22.3 Å². The lowest BCUT2D eigenvalue weighted by Gasteiger charge is -2.44. The minimum atomic E-state index is -1.15. The summed E-state index contributed by atoms with van der Waals surface area (Å²) in [7, 11) is 0. The number of aryl methyl sites for hydroxylation is 1. The molecule has 2 aromatic heterocycles. The van der Waals surface area contributed by atoms with Gasteiger partial charge in [-0.3, -0.25) is 4.90 Å². The van der Waals surface area contributed by atoms with Gasteiger partial charge in [-0.25, -0.2) is 14.8 Å². The maximum absolute atomic E-state index is 13.0. The van der Waals surface area contributed by atoms with E-state index < -0.39 is 17.7 Å². The molecule has 9 heteroatoms. The number of carboxylic acids is 1. The lowest BCUT2D eigenvalue weighted by atomic mass is 9.84. The molecular weight excluding hydrogens is 657 g/mol. The number of piperazine rings is 1. The zero-order chi connectivity index (χ0) is 36.0. The van der Waals surface area contributed by atoms with Crippen LogP contribution in [-0.4, -0.2) is 69.9 Å². The van der Waals surface area contributed by atoms with E-state index in [-0.39, 0.29) is 0 Å². The first kappa shape index (κ1) is 35.9. The third-order valence-electron chi connectivity index (χ3n) is 11.0. The number of hydrogen-bond donors (Lipinski definition) is 1. The maximum atomic E-state index is 13.0. The van der Waals surface area contributed by atoms with Gasteiger partial charge in [-0.05, 0) is 120 Å². The third kappa shape index (κ3) is 7.53. The highest BCUT2D eigenvalue weighted by Crippen LogP contribution is 2.47. The summed E-state index contributed by atoms with van der Waals surface area (Å²) >= 11 is 1.59. The van der Waals surface area contributed by atoms with Crippen LogP contribution in [0.25, 0.3) is 32.0 Å². The molecule has 0 amide bonds. The molecule has 3 aliphatic rings. The third-order valence-corrected chi connectivity index (χ3v) is 12.1. The van der Waals surface area contributed by atoms with E-state index in [4.69, 9.17) is 19.4 Å². The summed E-state index contributed by atoms with van der Waals surface area (Å²) < 4.78 is 13.5. The summed E-state index contributed by atoms with van der Waals surface area (Å²) in [5.41, 5.74) is 5.63. The molecule has 2 aromatic carbocycles. The number of carboxylic acid groups (broad SMARTS) is 1. The van der Waals surface area contributed by atoms with Crippen molar-refractivity contribution in [2.45, 2.75) is 117 Å². The molecule has 51 heavy (non-hydrogen) atoms. The number of pyridine rings is 1. The molecule has 4 aromatic rings. The molecule has 0 aliphatic carbocycles. The van der Waals surface area contributed by atoms with E-state index in [9.17, 15) is 9.90 Å². The molecule has 1 fully saturated rings. The Bertz CT molecular complexity index is 1900. The van der Waals surface area contributed by atoms with Gasteiger partial charge < -0.3 is 19.5 Å². The first-order chi connectivity index (χ1) is 24.4. The predicted octanol–water partition coefficient (Wildman–Crippen LogP) is 9.64. The van der Waals surface area contributed by atoms with Crippen molar-refractivity contribution in [2.24, 2.45) is 5.92 Å². The van der Waals surface area contributed by atoms with Crippen molar-refractivity contribution in [2.75, 3.05) is 31.1 Å². The lowest BCUT2D eigenvalue weighted by molar-refractivity contribution is -0.160. The summed E-state index contributed by atoms with van der Waals surface area (Å²) in [4.78, 5) is 28.7. The Labute approximate surface area is 307 Å². The Hall–Kier alpha value is -3.53. The van der Waals surface area contributed by atoms with Crippen molar-refractivity contribution >= 4 is 33.3 Å². The molecule has 1 saturated heterocycles. The molecule has 5 heterocycles. The van der Waals surface area contributed by atoms with Crippen LogP contribution in [-0.2, 0) is 9.53 Å². The molecule has 3 aliphatic heterocycles. The SMILES string of the molecule is Cc1cc2nc3sc2c(c1C(OC(C)(C)C)C(=O)O)-c1ccc2c(c1)C(CCCCC(C)CC1CN(C(C)C)CCN1c1cccc-3n1)CCO2. The highest BCUT2D eigenvalue weighted by atomic mass is 32.1. The molecule has 4 unspecified atom stereocenters. The van der Waals surface area contributed by atoms with Gasteiger partial charge in [0.05, 0.1) is 22.4 Å². The van der Waals surface area contributed by atoms with Crippen molar-refractivity contribution in [3.8, 4) is 27.6 Å². The second kappa shape index (κ2) is 14.5. The van der Waals surface area contributed by atoms with Crippen LogP contribution in [0.4, 0.5) is 5.82 Å². The van der Waals surface area contributed by atoms with Gasteiger partial charge in [-0.2, -0.15) is 0 Å². The monoisotopic (exact) mass is 710 g/mol. The van der Waals surface area contributed by atoms with Crippen LogP contribution in [0.2, 0.25) is 0 Å². The number of carbonyl (C=O) groups is 1. The van der Waals surface area contributed by atoms with Crippen molar-refractivity contribution in [3.63, 3.8) is 0 Å². The van der Waals surface area contributed by atoms with Gasteiger partial charge in [0, 0.05) is 42.8 Å². The van der Waals surface area contributed by atoms with Crippen LogP contribution in [0.3, 0.4) is 0 Å². The Morgan fingerprint density at radius 1 is 1.06 bits per heavy atom. The van der Waals surface area contributed by atoms with Crippen LogP contribution in [0.15, 0.2) is 42.5 Å². The predicted molar refractivity (Wildman–Crippen MR) is 207 cm³/mol. The minimum absolute atomic E-state index is 0.392. The highest BCUT2D eigenvalue weighted by molar-refractivity contribution is 7.22. The summed E-state index contributed by atoms with van der Waals surface area (Å²) in [5, 5.41) is 11.5. The zero-order valence-electron chi connectivity index (χ0n) is 31.4. The number of thiazole rings is 1. The highest BCUT2D eigenvalue weighted by Gasteiger charge is 2.34. The molecule has 272 valence electrons. The summed E-state index contributed by atoms with van der Waals surface area (Å²) in [6.07, 6.45) is 5.69. The molecule has 6 bridgehead atoms. The first-order valence-electron chi connectivity index (χ1n) is 19.0. The molecule has 4 atom stereocenters. The van der Waals surface area contributed by atoms with E-state index >= 15 is 0 Å². The zero-order valence-corrected chi connectivity index (χ0v) is 32.2. The smallest absolute Gasteiger partial charge is 0.337 e. The molecule has 0 spiro atoms. The molecule has 8 nitrogen and oxygen atoms in total. The van der Waals surface area contributed by atoms with E-state index in [1.165, 1.54) is 24.8 Å². The summed E-state index contributed by atoms with van der Waals surface area (Å²) in [6, 6.07) is 15.7. The number of anilines is 1. The number of aliphatic carboxylic acids is 1. The van der Waals surface area contributed by atoms with Crippen molar-refractivity contribution in [3.05, 3.63) is 59.2 Å². The number of fused-ring (bicyclic) bond motifs is 8. The molecule has 7 rings (SSSR count). The van der Waals surface area contributed by atoms with E-state index in [0.717, 1.165) is 94.7 Å². The number of benzene rings is 2. The number of rotatable bonds is 4.